The van der Waals surface area contributed by atoms with Crippen molar-refractivity contribution >= 4 is 29.1 Å². The minimum atomic E-state index is 0.0937. The molecular weight excluding hydrogens is 496 g/mol. The predicted octanol–water partition coefficient (Wildman–Crippen LogP) is 4.01. The lowest BCUT2D eigenvalue weighted by Gasteiger charge is -2.37. The summed E-state index contributed by atoms with van der Waals surface area (Å²) in [6, 6.07) is 11.8. The first-order valence-corrected chi connectivity index (χ1v) is 13.5. The van der Waals surface area contributed by atoms with E-state index in [0.29, 0.717) is 31.2 Å². The third-order valence-electron chi connectivity index (χ3n) is 7.53. The number of carbonyl (C=O) groups excluding carboxylic acids is 1. The maximum absolute atomic E-state index is 13.6. The number of terminal acetylenes is 1. The molecule has 3 aromatic rings. The highest BCUT2D eigenvalue weighted by molar-refractivity contribution is 6.32. The van der Waals surface area contributed by atoms with E-state index in [2.05, 4.69) is 49.6 Å². The number of piperazine rings is 2. The van der Waals surface area contributed by atoms with Crippen LogP contribution in [-0.4, -0.2) is 78.0 Å². The van der Waals surface area contributed by atoms with E-state index in [1.54, 1.807) is 12.4 Å². The van der Waals surface area contributed by atoms with Crippen LogP contribution in [0.15, 0.2) is 48.8 Å². The van der Waals surface area contributed by atoms with Crippen LogP contribution in [-0.2, 0) is 6.54 Å². The van der Waals surface area contributed by atoms with Crippen LogP contribution < -0.4 is 9.80 Å². The van der Waals surface area contributed by atoms with Crippen LogP contribution in [0.3, 0.4) is 0 Å². The molecule has 4 heterocycles. The lowest BCUT2D eigenvalue weighted by molar-refractivity contribution is 0.0745. The maximum atomic E-state index is 13.6. The number of aryl methyl sites for hydroxylation is 2. The van der Waals surface area contributed by atoms with Crippen LogP contribution >= 0.6 is 11.6 Å². The van der Waals surface area contributed by atoms with Crippen molar-refractivity contribution in [3.63, 3.8) is 0 Å². The first kappa shape index (κ1) is 26.0. The van der Waals surface area contributed by atoms with Gasteiger partial charge in [-0.05, 0) is 60.9 Å². The highest BCUT2D eigenvalue weighted by Crippen LogP contribution is 2.25. The highest BCUT2D eigenvalue weighted by Gasteiger charge is 2.26. The van der Waals surface area contributed by atoms with Crippen molar-refractivity contribution in [2.45, 2.75) is 20.4 Å². The van der Waals surface area contributed by atoms with Crippen LogP contribution in [0.2, 0.25) is 5.02 Å². The van der Waals surface area contributed by atoms with E-state index in [4.69, 9.17) is 18.0 Å². The molecule has 1 amide bonds. The fraction of sp³-hybridized carbons (Fsp3) is 0.367. The maximum Gasteiger partial charge on any atom is 0.254 e. The Morgan fingerprint density at radius 1 is 0.895 bits per heavy atom. The summed E-state index contributed by atoms with van der Waals surface area (Å²) < 4.78 is 0. The number of halogens is 1. The number of aromatic nitrogens is 2. The normalized spacial score (nSPS) is 16.4. The van der Waals surface area contributed by atoms with Gasteiger partial charge in [0, 0.05) is 76.9 Å². The van der Waals surface area contributed by atoms with Crippen molar-refractivity contribution in [2.24, 2.45) is 0 Å². The number of hydrogen-bond acceptors (Lipinski definition) is 6. The Kier molecular flexibility index (Phi) is 7.82. The second-order valence-electron chi connectivity index (χ2n) is 9.96. The lowest BCUT2D eigenvalue weighted by atomic mass is 9.98. The van der Waals surface area contributed by atoms with E-state index in [1.165, 1.54) is 11.1 Å². The molecule has 0 unspecified atom stereocenters. The second-order valence-corrected chi connectivity index (χ2v) is 10.4. The minimum Gasteiger partial charge on any atom is -0.353 e. The number of anilines is 2. The van der Waals surface area contributed by atoms with Crippen LogP contribution in [0, 0.1) is 26.2 Å². The quantitative estimate of drug-likeness (QED) is 0.466. The van der Waals surface area contributed by atoms with Gasteiger partial charge in [0.25, 0.3) is 5.91 Å². The van der Waals surface area contributed by atoms with E-state index in [9.17, 15) is 4.79 Å². The topological polar surface area (TPSA) is 55.8 Å². The molecule has 5 rings (SSSR count). The summed E-state index contributed by atoms with van der Waals surface area (Å²) in [5, 5.41) is 0.691. The molecule has 196 valence electrons. The van der Waals surface area contributed by atoms with E-state index in [-0.39, 0.29) is 5.91 Å². The number of hydrogen-bond donors (Lipinski definition) is 0. The average molecular weight is 529 g/mol. The number of nitrogens with zero attached hydrogens (tertiary/aromatic N) is 6. The van der Waals surface area contributed by atoms with Gasteiger partial charge in [-0.1, -0.05) is 23.6 Å². The van der Waals surface area contributed by atoms with Gasteiger partial charge in [0.1, 0.15) is 11.6 Å². The Hall–Kier alpha value is -3.60. The molecule has 0 bridgehead atoms. The first-order chi connectivity index (χ1) is 18.4. The van der Waals surface area contributed by atoms with Crippen molar-refractivity contribution in [2.75, 3.05) is 62.2 Å². The Labute approximate surface area is 230 Å². The average Bonchev–Trinajstić information content (AvgIpc) is 2.95. The Balaban J connectivity index is 1.23. The van der Waals surface area contributed by atoms with Gasteiger partial charge >= 0.3 is 0 Å². The standard InChI is InChI=1S/C30H33ClN6O/c1-4-24-7-5-9-32-28(24)35-15-17-37(18-16-35)30(38)26-20-25(22(2)19-23(26)3)21-34-11-13-36(14-12-34)29-27(31)8-6-10-33-29/h1,5-10,19-20H,11-18,21H2,2-3H3. The summed E-state index contributed by atoms with van der Waals surface area (Å²) in [6.07, 6.45) is 9.21. The van der Waals surface area contributed by atoms with Crippen molar-refractivity contribution in [1.82, 2.24) is 19.8 Å². The van der Waals surface area contributed by atoms with E-state index in [0.717, 1.165) is 61.0 Å². The Bertz CT molecular complexity index is 1350. The number of carbonyl (C=O) groups is 1. The summed E-state index contributed by atoms with van der Waals surface area (Å²) in [5.41, 5.74) is 5.02. The van der Waals surface area contributed by atoms with Crippen LogP contribution in [0.1, 0.15) is 32.6 Å². The van der Waals surface area contributed by atoms with Crippen LogP contribution in [0.5, 0.6) is 0 Å². The molecule has 0 aliphatic carbocycles. The summed E-state index contributed by atoms with van der Waals surface area (Å²) >= 11 is 6.36. The lowest BCUT2D eigenvalue weighted by Crippen LogP contribution is -2.49. The molecule has 2 aliphatic rings. The molecule has 8 heteroatoms. The van der Waals surface area contributed by atoms with Crippen molar-refractivity contribution in [3.05, 3.63) is 81.6 Å². The SMILES string of the molecule is C#Cc1cccnc1N1CCN(C(=O)c2cc(CN3CCN(c4ncccc4Cl)CC3)c(C)cc2C)CC1. The molecular formula is C30H33ClN6O. The molecule has 2 saturated heterocycles. The highest BCUT2D eigenvalue weighted by atomic mass is 35.5. The fourth-order valence-electron chi connectivity index (χ4n) is 5.32. The zero-order valence-electron chi connectivity index (χ0n) is 22.0. The summed E-state index contributed by atoms with van der Waals surface area (Å²) in [4.78, 5) is 31.3. The van der Waals surface area contributed by atoms with Gasteiger partial charge in [0.05, 0.1) is 10.6 Å². The monoisotopic (exact) mass is 528 g/mol. The molecule has 0 radical (unpaired) electrons. The molecule has 38 heavy (non-hydrogen) atoms. The van der Waals surface area contributed by atoms with Crippen molar-refractivity contribution in [3.8, 4) is 12.3 Å². The molecule has 1 aromatic carbocycles. The Morgan fingerprint density at radius 2 is 1.53 bits per heavy atom. The number of rotatable bonds is 5. The first-order valence-electron chi connectivity index (χ1n) is 13.1. The van der Waals surface area contributed by atoms with Gasteiger partial charge < -0.3 is 14.7 Å². The molecule has 0 spiro atoms. The largest absolute Gasteiger partial charge is 0.353 e. The number of amides is 1. The zero-order chi connectivity index (χ0) is 26.6. The predicted molar refractivity (Wildman–Crippen MR) is 153 cm³/mol. The van der Waals surface area contributed by atoms with E-state index >= 15 is 0 Å². The third-order valence-corrected chi connectivity index (χ3v) is 7.82. The smallest absolute Gasteiger partial charge is 0.254 e. The molecule has 0 atom stereocenters. The van der Waals surface area contributed by atoms with E-state index < -0.39 is 0 Å². The van der Waals surface area contributed by atoms with Crippen molar-refractivity contribution < 1.29 is 4.79 Å². The van der Waals surface area contributed by atoms with Gasteiger partial charge in [0.2, 0.25) is 0 Å². The Morgan fingerprint density at radius 3 is 2.21 bits per heavy atom. The van der Waals surface area contributed by atoms with Crippen LogP contribution in [0.25, 0.3) is 0 Å². The van der Waals surface area contributed by atoms with Gasteiger partial charge in [-0.2, -0.15) is 0 Å². The second kappa shape index (κ2) is 11.4. The van der Waals surface area contributed by atoms with E-state index in [1.807, 2.05) is 36.1 Å². The molecule has 2 aromatic heterocycles. The summed E-state index contributed by atoms with van der Waals surface area (Å²) in [7, 11) is 0. The molecule has 0 saturated carbocycles. The van der Waals surface area contributed by atoms with Gasteiger partial charge in [-0.25, -0.2) is 9.97 Å². The van der Waals surface area contributed by atoms with Gasteiger partial charge in [-0.3, -0.25) is 9.69 Å². The third kappa shape index (κ3) is 5.47. The molecule has 0 N–H and O–H groups in total. The molecule has 2 fully saturated rings. The number of benzene rings is 1. The fourth-order valence-corrected chi connectivity index (χ4v) is 5.56. The minimum absolute atomic E-state index is 0.0937. The summed E-state index contributed by atoms with van der Waals surface area (Å²) in [6.45, 7) is 11.2. The van der Waals surface area contributed by atoms with Crippen LogP contribution in [0.4, 0.5) is 11.6 Å². The van der Waals surface area contributed by atoms with Crippen molar-refractivity contribution in [1.29, 1.82) is 0 Å². The zero-order valence-corrected chi connectivity index (χ0v) is 22.8. The van der Waals surface area contributed by atoms with Gasteiger partial charge in [0.15, 0.2) is 0 Å². The molecule has 2 aliphatic heterocycles. The number of pyridine rings is 2. The summed E-state index contributed by atoms with van der Waals surface area (Å²) in [5.74, 6) is 4.49. The molecule has 7 nitrogen and oxygen atoms in total. The van der Waals surface area contributed by atoms with Gasteiger partial charge in [-0.15, -0.1) is 6.42 Å².